The maximum absolute atomic E-state index is 5.11. The van der Waals surface area contributed by atoms with E-state index in [2.05, 4.69) is 20.6 Å². The molecule has 0 aromatic heterocycles. The highest BCUT2D eigenvalue weighted by Gasteiger charge is 1.72. The highest BCUT2D eigenvalue weighted by atomic mass is 35.5. The maximum atomic E-state index is 5.11. The molecule has 88 valence electrons. The molecule has 0 saturated heterocycles. The summed E-state index contributed by atoms with van der Waals surface area (Å²) in [5.41, 5.74) is 10.2. The largest absolute Gasteiger partial charge is 0.370 e. The third kappa shape index (κ3) is 22.5. The number of hydrogen-bond donors (Lipinski definition) is 4. The summed E-state index contributed by atoms with van der Waals surface area (Å²) in [6, 6.07) is 0. The first-order chi connectivity index (χ1) is 5.62. The Hall–Kier alpha value is -0.880. The van der Waals surface area contributed by atoms with Crippen LogP contribution in [-0.4, -0.2) is 40.1 Å². The fourth-order valence-corrected chi connectivity index (χ4v) is 0.224. The van der Waals surface area contributed by atoms with Gasteiger partial charge in [0.1, 0.15) is 0 Å². The van der Waals surface area contributed by atoms with Crippen LogP contribution in [0.5, 0.6) is 0 Å². The van der Waals surface area contributed by atoms with E-state index in [0.29, 0.717) is 11.9 Å². The van der Waals surface area contributed by atoms with Crippen molar-refractivity contribution in [1.29, 1.82) is 0 Å². The summed E-state index contributed by atoms with van der Waals surface area (Å²) in [5.74, 6) is 0.935. The zero-order chi connectivity index (χ0) is 9.98. The van der Waals surface area contributed by atoms with Crippen molar-refractivity contribution in [2.75, 3.05) is 28.2 Å². The number of nitrogens with two attached hydrogens (primary N) is 2. The van der Waals surface area contributed by atoms with Gasteiger partial charge in [0.2, 0.25) is 0 Å². The van der Waals surface area contributed by atoms with E-state index in [0.717, 1.165) is 0 Å². The lowest BCUT2D eigenvalue weighted by atomic mass is 11.0. The minimum atomic E-state index is 0. The number of guanidine groups is 2. The molecular formula is C6H20Cl2N6. The minimum absolute atomic E-state index is 0. The second-order valence-corrected chi connectivity index (χ2v) is 1.72. The second-order valence-electron chi connectivity index (χ2n) is 1.72. The molecule has 0 saturated carbocycles. The average Bonchev–Trinajstić information content (AvgIpc) is 2.16. The molecule has 0 aliphatic carbocycles. The molecule has 0 rings (SSSR count). The molecule has 0 radical (unpaired) electrons. The zero-order valence-electron chi connectivity index (χ0n) is 8.87. The van der Waals surface area contributed by atoms with Crippen molar-refractivity contribution in [3.63, 3.8) is 0 Å². The van der Waals surface area contributed by atoms with E-state index in [1.54, 1.807) is 28.2 Å². The van der Waals surface area contributed by atoms with Gasteiger partial charge in [-0.3, -0.25) is 9.98 Å². The van der Waals surface area contributed by atoms with Gasteiger partial charge in [-0.05, 0) is 0 Å². The van der Waals surface area contributed by atoms with Gasteiger partial charge in [0.05, 0.1) is 0 Å². The zero-order valence-corrected chi connectivity index (χ0v) is 10.5. The first-order valence-electron chi connectivity index (χ1n) is 3.42. The van der Waals surface area contributed by atoms with Gasteiger partial charge in [-0.2, -0.15) is 0 Å². The predicted molar refractivity (Wildman–Crippen MR) is 67.7 cm³/mol. The van der Waals surface area contributed by atoms with Crippen LogP contribution < -0.4 is 22.1 Å². The molecule has 0 bridgehead atoms. The molecule has 0 spiro atoms. The Morgan fingerprint density at radius 1 is 0.857 bits per heavy atom. The number of hydrogen-bond acceptors (Lipinski definition) is 2. The Bertz CT molecular complexity index is 140. The standard InChI is InChI=1S/2C3H9N3.2ClH/c2*1-5-3(4)6-2;;/h2*1-2H3,(H3,4,5,6);2*1H. The maximum Gasteiger partial charge on any atom is 0.188 e. The summed E-state index contributed by atoms with van der Waals surface area (Å²) in [4.78, 5) is 7.18. The summed E-state index contributed by atoms with van der Waals surface area (Å²) in [6.45, 7) is 0. The van der Waals surface area contributed by atoms with Crippen molar-refractivity contribution >= 4 is 36.7 Å². The van der Waals surface area contributed by atoms with E-state index in [1.165, 1.54) is 0 Å². The lowest BCUT2D eigenvalue weighted by molar-refractivity contribution is 1.12. The molecule has 0 aromatic carbocycles. The summed E-state index contributed by atoms with van der Waals surface area (Å²) in [6.07, 6.45) is 0. The molecule has 6 N–H and O–H groups in total. The fourth-order valence-electron chi connectivity index (χ4n) is 0.224. The van der Waals surface area contributed by atoms with Crippen molar-refractivity contribution in [1.82, 2.24) is 10.6 Å². The number of nitrogens with zero attached hydrogens (tertiary/aromatic N) is 2. The molecule has 6 nitrogen and oxygen atoms in total. The van der Waals surface area contributed by atoms with Gasteiger partial charge in [-0.25, -0.2) is 0 Å². The number of rotatable bonds is 0. The third-order valence-corrected chi connectivity index (χ3v) is 0.994. The lowest BCUT2D eigenvalue weighted by Crippen LogP contribution is -2.27. The van der Waals surface area contributed by atoms with Crippen LogP contribution in [-0.2, 0) is 0 Å². The van der Waals surface area contributed by atoms with Crippen molar-refractivity contribution < 1.29 is 0 Å². The van der Waals surface area contributed by atoms with E-state index in [1.807, 2.05) is 0 Å². The van der Waals surface area contributed by atoms with E-state index < -0.39 is 0 Å². The monoisotopic (exact) mass is 246 g/mol. The first kappa shape index (κ1) is 23.2. The topological polar surface area (TPSA) is 101 Å². The summed E-state index contributed by atoms with van der Waals surface area (Å²) >= 11 is 0. The molecule has 0 aromatic rings. The normalized spacial score (nSPS) is 9.71. The number of nitrogens with one attached hydrogen (secondary N) is 2. The molecule has 0 unspecified atom stereocenters. The summed E-state index contributed by atoms with van der Waals surface area (Å²) in [7, 11) is 6.71. The van der Waals surface area contributed by atoms with Crippen LogP contribution >= 0.6 is 24.8 Å². The fraction of sp³-hybridized carbons (Fsp3) is 0.667. The molecule has 0 aliphatic heterocycles. The van der Waals surface area contributed by atoms with E-state index >= 15 is 0 Å². The van der Waals surface area contributed by atoms with Crippen LogP contribution in [0.25, 0.3) is 0 Å². The van der Waals surface area contributed by atoms with Crippen molar-refractivity contribution in [3.05, 3.63) is 0 Å². The Kier molecular flexibility index (Phi) is 29.8. The van der Waals surface area contributed by atoms with Gasteiger partial charge in [0, 0.05) is 28.2 Å². The van der Waals surface area contributed by atoms with Crippen molar-refractivity contribution in [2.24, 2.45) is 21.5 Å². The number of halogens is 2. The van der Waals surface area contributed by atoms with E-state index in [-0.39, 0.29) is 24.8 Å². The summed E-state index contributed by atoms with van der Waals surface area (Å²) < 4.78 is 0. The van der Waals surface area contributed by atoms with Gasteiger partial charge in [-0.1, -0.05) is 0 Å². The van der Waals surface area contributed by atoms with Crippen LogP contribution in [0.3, 0.4) is 0 Å². The van der Waals surface area contributed by atoms with Gasteiger partial charge in [0.15, 0.2) is 11.9 Å². The van der Waals surface area contributed by atoms with Gasteiger partial charge in [0.25, 0.3) is 0 Å². The second kappa shape index (κ2) is 18.0. The van der Waals surface area contributed by atoms with Gasteiger partial charge >= 0.3 is 0 Å². The van der Waals surface area contributed by atoms with Crippen LogP contribution in [0, 0.1) is 0 Å². The molecule has 14 heavy (non-hydrogen) atoms. The van der Waals surface area contributed by atoms with Crippen LogP contribution in [0.15, 0.2) is 9.98 Å². The van der Waals surface area contributed by atoms with Crippen LogP contribution in [0.2, 0.25) is 0 Å². The average molecular weight is 247 g/mol. The van der Waals surface area contributed by atoms with Crippen LogP contribution in [0.4, 0.5) is 0 Å². The smallest absolute Gasteiger partial charge is 0.188 e. The predicted octanol–water partition coefficient (Wildman–Crippen LogP) is -0.856. The third-order valence-electron chi connectivity index (χ3n) is 0.994. The summed E-state index contributed by atoms with van der Waals surface area (Å²) in [5, 5.41) is 5.28. The number of aliphatic imine (C=N–C) groups is 2. The molecule has 0 amide bonds. The quantitative estimate of drug-likeness (QED) is 0.330. The SMILES string of the molecule is CN=C(N)NC.CN=C(N)NC.Cl.Cl. The minimum Gasteiger partial charge on any atom is -0.370 e. The first-order valence-corrected chi connectivity index (χ1v) is 3.42. The molecule has 0 atom stereocenters. The lowest BCUT2D eigenvalue weighted by Gasteiger charge is -1.90. The Morgan fingerprint density at radius 3 is 1.07 bits per heavy atom. The molecular weight excluding hydrogens is 227 g/mol. The molecule has 0 heterocycles. The van der Waals surface area contributed by atoms with Crippen LogP contribution in [0.1, 0.15) is 0 Å². The molecule has 0 aliphatic rings. The Morgan fingerprint density at radius 2 is 1.07 bits per heavy atom. The van der Waals surface area contributed by atoms with Crippen molar-refractivity contribution in [2.45, 2.75) is 0 Å². The highest BCUT2D eigenvalue weighted by Crippen LogP contribution is 1.48. The van der Waals surface area contributed by atoms with E-state index in [9.17, 15) is 0 Å². The Balaban J connectivity index is -0.0000000625. The highest BCUT2D eigenvalue weighted by molar-refractivity contribution is 5.85. The van der Waals surface area contributed by atoms with Gasteiger partial charge in [-0.15, -0.1) is 24.8 Å². The van der Waals surface area contributed by atoms with Gasteiger partial charge < -0.3 is 22.1 Å². The van der Waals surface area contributed by atoms with Crippen molar-refractivity contribution in [3.8, 4) is 0 Å². The molecule has 8 heteroatoms. The van der Waals surface area contributed by atoms with E-state index in [4.69, 9.17) is 11.5 Å². The molecule has 0 fully saturated rings. The Labute approximate surface area is 97.4 Å².